The molecule has 2 aliphatic carbocycles. The van der Waals surface area contributed by atoms with Crippen LogP contribution in [0, 0.1) is 59.2 Å². The summed E-state index contributed by atoms with van der Waals surface area (Å²) < 4.78 is 34.1. The Hall–Kier alpha value is -7.37. The standard InChI is InChI=1S/C34H44N4O5Si.C32H41N5O4Si.2CH4/c1-9-29(38-18-17-35-31(38)22(3)43-44(7,8)34(4,5)6)28-19-30(42-36-28)24-14-11-23(12-15-24)13-16-25-26-20-37(21-27(25)26)32(39)33(40)41-10-2;1-8-27(37-16-15-34-30(37)20(2)41-42(6,7)32(3,4)5)26-17-28(40-35-26)22-12-9-21(10-13-22)11-14-23-24-18-36(19-25(23)24)31(39)29(33)38;;/h11-12,14-15,17-19,22,25-27,29H,9-10,20-21H2,1-8H3;9-10,12-13,15-17,20,23-25,27H,8,18-19H2,1-7H3,(H2,33,38);2*1H4/t22-,25?,26-,27+,29+;20-,23?,24-,25+,27+;;/m00../s1. The molecule has 88 heavy (non-hydrogen) atoms. The Bertz CT molecular complexity index is 3520. The number of nitrogens with two attached hydrogens (primary N) is 1. The molecule has 10 atom stereocenters. The van der Waals surface area contributed by atoms with E-state index in [1.807, 2.05) is 85.5 Å². The Balaban J connectivity index is 0.000000246. The van der Waals surface area contributed by atoms with Gasteiger partial charge in [-0.3, -0.25) is 14.4 Å². The third-order valence-corrected chi connectivity index (χ3v) is 27.7. The van der Waals surface area contributed by atoms with Gasteiger partial charge in [0.05, 0.1) is 18.7 Å². The average molecular weight is 1240 g/mol. The van der Waals surface area contributed by atoms with Crippen molar-refractivity contribution in [2.45, 2.75) is 164 Å². The van der Waals surface area contributed by atoms with E-state index in [0.29, 0.717) is 61.4 Å². The molecule has 2 unspecified atom stereocenters. The number of aromatic nitrogens is 6. The Morgan fingerprint density at radius 2 is 0.977 bits per heavy atom. The number of carbonyl (C=O) groups is 4. The number of primary amides is 1. The Morgan fingerprint density at radius 1 is 0.614 bits per heavy atom. The molecule has 2 aromatic carbocycles. The number of likely N-dealkylation sites (tertiary alicyclic amines) is 2. The molecule has 20 heteroatoms. The first kappa shape index (κ1) is 68.1. The van der Waals surface area contributed by atoms with Crippen molar-refractivity contribution in [3.63, 3.8) is 0 Å². The summed E-state index contributed by atoms with van der Waals surface area (Å²) in [4.78, 5) is 59.3. The fourth-order valence-electron chi connectivity index (χ4n) is 11.5. The van der Waals surface area contributed by atoms with Crippen molar-refractivity contribution < 1.29 is 41.8 Å². The van der Waals surface area contributed by atoms with Crippen LogP contribution in [0.25, 0.3) is 22.6 Å². The van der Waals surface area contributed by atoms with E-state index in [-0.39, 0.29) is 67.7 Å². The third kappa shape index (κ3) is 14.7. The first-order valence-electron chi connectivity index (χ1n) is 30.3. The molecule has 4 fully saturated rings. The summed E-state index contributed by atoms with van der Waals surface area (Å²) in [5.74, 6) is 15.5. The third-order valence-electron chi connectivity index (χ3n) is 18.6. The van der Waals surface area contributed by atoms with E-state index in [4.69, 9.17) is 28.4 Å². The van der Waals surface area contributed by atoms with Crippen LogP contribution >= 0.6 is 0 Å². The summed E-state index contributed by atoms with van der Waals surface area (Å²) in [7, 11) is -3.94. The highest BCUT2D eigenvalue weighted by molar-refractivity contribution is 6.74. The molecule has 6 heterocycles. The summed E-state index contributed by atoms with van der Waals surface area (Å²) in [6.45, 7) is 35.1. The Morgan fingerprint density at radius 3 is 1.31 bits per heavy atom. The number of amides is 3. The Kier molecular flexibility index (Phi) is 21.0. The maximum atomic E-state index is 12.2. The van der Waals surface area contributed by atoms with Crippen molar-refractivity contribution in [3.05, 3.63) is 120 Å². The fraction of sp³-hybridized carbons (Fsp3) is 0.529. The molecule has 2 N–H and O–H groups in total. The van der Waals surface area contributed by atoms with E-state index < -0.39 is 40.3 Å². The highest BCUT2D eigenvalue weighted by Crippen LogP contribution is 2.52. The molecule has 0 spiro atoms. The van der Waals surface area contributed by atoms with E-state index in [1.54, 1.807) is 11.8 Å². The molecule has 2 saturated carbocycles. The molecule has 4 aliphatic rings. The lowest BCUT2D eigenvalue weighted by Gasteiger charge is -2.38. The summed E-state index contributed by atoms with van der Waals surface area (Å²) in [6, 6.07) is 19.9. The smallest absolute Gasteiger partial charge is 0.397 e. The molecule has 6 aromatic rings. The molecule has 2 saturated heterocycles. The van der Waals surface area contributed by atoms with Gasteiger partial charge in [0.15, 0.2) is 28.2 Å². The Labute approximate surface area is 523 Å². The van der Waals surface area contributed by atoms with Crippen molar-refractivity contribution in [3.8, 4) is 46.3 Å². The molecule has 4 aromatic heterocycles. The lowest BCUT2D eigenvalue weighted by molar-refractivity contribution is -0.159. The summed E-state index contributed by atoms with van der Waals surface area (Å²) >= 11 is 0. The number of carbonyl (C=O) groups excluding carboxylic acids is 4. The lowest BCUT2D eigenvalue weighted by Crippen LogP contribution is -2.41. The lowest BCUT2D eigenvalue weighted by atomic mass is 10.1. The van der Waals surface area contributed by atoms with Gasteiger partial charge in [0, 0.05) is 97.2 Å². The van der Waals surface area contributed by atoms with Gasteiger partial charge < -0.3 is 47.3 Å². The van der Waals surface area contributed by atoms with Crippen molar-refractivity contribution in [2.75, 3.05) is 32.8 Å². The molecular weight excluding hydrogens is 1140 g/mol. The number of rotatable bonds is 15. The van der Waals surface area contributed by atoms with Gasteiger partial charge in [-0.25, -0.2) is 14.8 Å². The van der Waals surface area contributed by atoms with Crippen LogP contribution in [0.3, 0.4) is 0 Å². The predicted octanol–water partition coefficient (Wildman–Crippen LogP) is 12.7. The van der Waals surface area contributed by atoms with Crippen LogP contribution in [0.1, 0.15) is 162 Å². The molecule has 472 valence electrons. The average Bonchev–Trinajstić information content (AvgIpc) is 1.76. The van der Waals surface area contributed by atoms with Crippen LogP contribution in [0.5, 0.6) is 0 Å². The topological polar surface area (TPSA) is 216 Å². The molecule has 2 aliphatic heterocycles. The molecule has 0 radical (unpaired) electrons. The molecule has 3 amide bonds. The van der Waals surface area contributed by atoms with Crippen LogP contribution in [0.2, 0.25) is 36.3 Å². The van der Waals surface area contributed by atoms with Gasteiger partial charge in [-0.15, -0.1) is 0 Å². The molecule has 18 nitrogen and oxygen atoms in total. The second-order valence-electron chi connectivity index (χ2n) is 26.4. The van der Waals surface area contributed by atoms with Gasteiger partial charge in [-0.05, 0) is 142 Å². The van der Waals surface area contributed by atoms with Crippen molar-refractivity contribution in [2.24, 2.45) is 41.2 Å². The highest BCUT2D eigenvalue weighted by atomic mass is 28.4. The monoisotopic (exact) mass is 1240 g/mol. The van der Waals surface area contributed by atoms with Crippen molar-refractivity contribution in [1.29, 1.82) is 0 Å². The fourth-order valence-corrected chi connectivity index (χ4v) is 14.2. The van der Waals surface area contributed by atoms with Crippen LogP contribution in [0.4, 0.5) is 0 Å². The zero-order valence-corrected chi connectivity index (χ0v) is 54.6. The van der Waals surface area contributed by atoms with Crippen LogP contribution < -0.4 is 5.73 Å². The number of piperidine rings is 2. The summed E-state index contributed by atoms with van der Waals surface area (Å²) in [5.41, 5.74) is 10.5. The normalized spacial score (nSPS) is 20.6. The van der Waals surface area contributed by atoms with Crippen LogP contribution in [-0.4, -0.2) is 112 Å². The first-order chi connectivity index (χ1) is 40.6. The number of esters is 1. The number of fused-ring (bicyclic) bond motifs is 2. The van der Waals surface area contributed by atoms with E-state index in [2.05, 4.69) is 149 Å². The molecular formula is C68H93N9O9Si2. The largest absolute Gasteiger partial charge is 0.459 e. The molecule has 10 rings (SSSR count). The van der Waals surface area contributed by atoms with Gasteiger partial charge in [0.2, 0.25) is 0 Å². The minimum Gasteiger partial charge on any atom is -0.459 e. The van der Waals surface area contributed by atoms with Crippen LogP contribution in [0.15, 0.2) is 94.5 Å². The van der Waals surface area contributed by atoms with Gasteiger partial charge in [0.1, 0.15) is 35.2 Å². The number of benzene rings is 2. The second kappa shape index (κ2) is 27.2. The number of hydrogen-bond donors (Lipinski definition) is 1. The maximum Gasteiger partial charge on any atom is 0.397 e. The zero-order chi connectivity index (χ0) is 62.2. The summed E-state index contributed by atoms with van der Waals surface area (Å²) in [6.07, 6.45) is 9.04. The number of imidazole rings is 2. The zero-order valence-electron chi connectivity index (χ0n) is 52.6. The second-order valence-corrected chi connectivity index (χ2v) is 35.9. The first-order valence-corrected chi connectivity index (χ1v) is 36.1. The van der Waals surface area contributed by atoms with Gasteiger partial charge in [0.25, 0.3) is 0 Å². The predicted molar refractivity (Wildman–Crippen MR) is 346 cm³/mol. The van der Waals surface area contributed by atoms with Crippen LogP contribution in [-0.2, 0) is 32.8 Å². The summed E-state index contributed by atoms with van der Waals surface area (Å²) in [5, 5.41) is 9.12. The number of hydrogen-bond acceptors (Lipinski definition) is 13. The quantitative estimate of drug-likeness (QED) is 0.0439. The van der Waals surface area contributed by atoms with Crippen molar-refractivity contribution >= 4 is 40.3 Å². The van der Waals surface area contributed by atoms with Gasteiger partial charge in [-0.2, -0.15) is 0 Å². The van der Waals surface area contributed by atoms with Gasteiger partial charge in [-0.1, -0.05) is 104 Å². The SMILES string of the molecule is C.C.CCOC(=O)C(=O)N1C[C@@H]2C(C#Cc3ccc(-c4cc([C@@H](CC)n5ccnc5[C@H](C)O[Si](C)(C)C(C)(C)C)no4)cc3)[C@@H]2C1.CC[C@H](c1cc(-c2ccc(C#CC3[C@H]4CN(C(=O)C(N)=O)C[C@@H]34)cc2)on1)n1ccnc1[C@H](C)O[Si](C)(C)C(C)(C)C. The number of nitrogens with zero attached hydrogens (tertiary/aromatic N) is 8. The van der Waals surface area contributed by atoms with Crippen molar-refractivity contribution in [1.82, 2.24) is 39.2 Å². The highest BCUT2D eigenvalue weighted by Gasteiger charge is 2.57. The molecule has 0 bridgehead atoms. The van der Waals surface area contributed by atoms with E-state index in [0.717, 1.165) is 58.1 Å². The van der Waals surface area contributed by atoms with E-state index in [9.17, 15) is 19.2 Å². The van der Waals surface area contributed by atoms with E-state index >= 15 is 0 Å². The van der Waals surface area contributed by atoms with Gasteiger partial charge >= 0.3 is 23.7 Å². The minimum absolute atomic E-state index is 0. The maximum absolute atomic E-state index is 12.2. The van der Waals surface area contributed by atoms with E-state index in [1.165, 1.54) is 4.90 Å². The number of ether oxygens (including phenoxy) is 1. The minimum atomic E-state index is -1.97.